The number of rotatable bonds is 6. The molecule has 0 heterocycles. The normalized spacial score (nSPS) is 14.2. The van der Waals surface area contributed by atoms with Crippen molar-refractivity contribution in [3.8, 4) is 0 Å². The van der Waals surface area contributed by atoms with Crippen LogP contribution in [0.4, 0.5) is 8.78 Å². The molecule has 2 nitrogen and oxygen atoms in total. The van der Waals surface area contributed by atoms with Crippen LogP contribution in [0.2, 0.25) is 0 Å². The van der Waals surface area contributed by atoms with Crippen LogP contribution in [-0.4, -0.2) is 30.2 Å². The van der Waals surface area contributed by atoms with Gasteiger partial charge in [0.05, 0.1) is 0 Å². The van der Waals surface area contributed by atoms with Gasteiger partial charge in [-0.25, -0.2) is 8.78 Å². The van der Waals surface area contributed by atoms with Gasteiger partial charge in [0.15, 0.2) is 0 Å². The maximum absolute atomic E-state index is 11.8. The van der Waals surface area contributed by atoms with Crippen LogP contribution in [0.25, 0.3) is 0 Å². The molecule has 0 aromatic heterocycles. The topological polar surface area (TPSA) is 32.3 Å². The van der Waals surface area contributed by atoms with E-state index in [0.29, 0.717) is 0 Å². The predicted octanol–water partition coefficient (Wildman–Crippen LogP) is 1.39. The molecule has 2 N–H and O–H groups in total. The highest BCUT2D eigenvalue weighted by Gasteiger charge is 2.17. The summed E-state index contributed by atoms with van der Waals surface area (Å²) in [4.78, 5) is 0. The molecule has 0 saturated heterocycles. The van der Waals surface area contributed by atoms with E-state index in [4.69, 9.17) is 5.11 Å². The van der Waals surface area contributed by atoms with Gasteiger partial charge in [-0.3, -0.25) is 0 Å². The van der Waals surface area contributed by atoms with Crippen LogP contribution in [0.3, 0.4) is 0 Å². The van der Waals surface area contributed by atoms with Crippen molar-refractivity contribution in [3.63, 3.8) is 0 Å². The summed E-state index contributed by atoms with van der Waals surface area (Å²) in [5, 5.41) is 11.6. The molecule has 12 heavy (non-hydrogen) atoms. The lowest BCUT2D eigenvalue weighted by Gasteiger charge is -2.17. The highest BCUT2D eigenvalue weighted by molar-refractivity contribution is 4.67. The molecule has 74 valence electrons. The van der Waals surface area contributed by atoms with Crippen LogP contribution < -0.4 is 5.32 Å². The van der Waals surface area contributed by atoms with Crippen molar-refractivity contribution < 1.29 is 13.9 Å². The van der Waals surface area contributed by atoms with Crippen LogP contribution in [0.5, 0.6) is 0 Å². The molecular weight excluding hydrogens is 164 g/mol. The molecule has 1 atom stereocenters. The average molecular weight is 181 g/mol. The first kappa shape index (κ1) is 11.8. The molecule has 4 heteroatoms. The van der Waals surface area contributed by atoms with Crippen molar-refractivity contribution in [1.29, 1.82) is 0 Å². The van der Waals surface area contributed by atoms with Crippen LogP contribution in [0, 0.1) is 0 Å². The van der Waals surface area contributed by atoms with Crippen LogP contribution in [0.1, 0.15) is 26.7 Å². The van der Waals surface area contributed by atoms with Crippen molar-refractivity contribution in [2.75, 3.05) is 6.54 Å². The Labute approximate surface area is 72.0 Å². The molecule has 0 saturated carbocycles. The Morgan fingerprint density at radius 1 is 1.25 bits per heavy atom. The summed E-state index contributed by atoms with van der Waals surface area (Å²) in [5.41, 5.74) is 0. The van der Waals surface area contributed by atoms with E-state index in [-0.39, 0.29) is 12.6 Å². The lowest BCUT2D eigenvalue weighted by atomic mass is 10.1. The Morgan fingerprint density at radius 3 is 2.08 bits per heavy atom. The maximum Gasteiger partial charge on any atom is 0.265 e. The van der Waals surface area contributed by atoms with Gasteiger partial charge in [-0.15, -0.1) is 0 Å². The number of hydrogen-bond acceptors (Lipinski definition) is 2. The fourth-order valence-corrected chi connectivity index (χ4v) is 0.954. The zero-order valence-corrected chi connectivity index (χ0v) is 7.56. The molecule has 0 aromatic carbocycles. The Morgan fingerprint density at radius 2 is 1.75 bits per heavy atom. The zero-order chi connectivity index (χ0) is 9.56. The Hall–Kier alpha value is -0.220. The molecule has 0 amide bonds. The third-order valence-electron chi connectivity index (χ3n) is 1.89. The van der Waals surface area contributed by atoms with E-state index in [0.717, 1.165) is 12.8 Å². The smallest absolute Gasteiger partial charge is 0.265 e. The van der Waals surface area contributed by atoms with E-state index >= 15 is 0 Å². The molecule has 0 rings (SSSR count). The molecule has 0 aromatic rings. The third kappa shape index (κ3) is 4.62. The molecule has 0 spiro atoms. The van der Waals surface area contributed by atoms with Gasteiger partial charge in [-0.2, -0.15) is 0 Å². The number of hydrogen-bond donors (Lipinski definition) is 2. The number of alkyl halides is 2. The van der Waals surface area contributed by atoms with Gasteiger partial charge >= 0.3 is 0 Å². The summed E-state index contributed by atoms with van der Waals surface area (Å²) in [6.45, 7) is 3.94. The Bertz CT molecular complexity index is 105. The molecule has 0 aliphatic carbocycles. The third-order valence-corrected chi connectivity index (χ3v) is 1.89. The molecule has 0 radical (unpaired) electrons. The van der Waals surface area contributed by atoms with Crippen LogP contribution >= 0.6 is 0 Å². The first-order chi connectivity index (χ1) is 5.61. The van der Waals surface area contributed by atoms with Gasteiger partial charge in [0.1, 0.15) is 6.10 Å². The lowest BCUT2D eigenvalue weighted by molar-refractivity contribution is -0.00471. The molecule has 0 aliphatic rings. The zero-order valence-electron chi connectivity index (χ0n) is 7.56. The van der Waals surface area contributed by atoms with E-state index < -0.39 is 12.5 Å². The first-order valence-corrected chi connectivity index (χ1v) is 4.31. The van der Waals surface area contributed by atoms with E-state index in [1.54, 1.807) is 0 Å². The minimum Gasteiger partial charge on any atom is -0.386 e. The fraction of sp³-hybridized carbons (Fsp3) is 1.00. The second-order valence-corrected chi connectivity index (χ2v) is 2.82. The van der Waals surface area contributed by atoms with E-state index in [2.05, 4.69) is 5.32 Å². The van der Waals surface area contributed by atoms with Gasteiger partial charge < -0.3 is 10.4 Å². The van der Waals surface area contributed by atoms with Crippen LogP contribution in [-0.2, 0) is 0 Å². The van der Waals surface area contributed by atoms with Gasteiger partial charge in [-0.1, -0.05) is 13.8 Å². The first-order valence-electron chi connectivity index (χ1n) is 4.31. The van der Waals surface area contributed by atoms with Gasteiger partial charge in [0, 0.05) is 12.6 Å². The Kier molecular flexibility index (Phi) is 6.20. The van der Waals surface area contributed by atoms with Crippen LogP contribution in [0.15, 0.2) is 0 Å². The summed E-state index contributed by atoms with van der Waals surface area (Å²) in [7, 11) is 0. The van der Waals surface area contributed by atoms with Gasteiger partial charge in [-0.05, 0) is 12.8 Å². The second-order valence-electron chi connectivity index (χ2n) is 2.82. The molecular formula is C8H17F2NO. The van der Waals surface area contributed by atoms with Crippen molar-refractivity contribution in [1.82, 2.24) is 5.32 Å². The number of halogens is 2. The van der Waals surface area contributed by atoms with E-state index in [9.17, 15) is 8.78 Å². The Balaban J connectivity index is 3.51. The predicted molar refractivity (Wildman–Crippen MR) is 44.4 cm³/mol. The fourth-order valence-electron chi connectivity index (χ4n) is 0.954. The summed E-state index contributed by atoms with van der Waals surface area (Å²) in [5.74, 6) is 0. The van der Waals surface area contributed by atoms with Gasteiger partial charge in [0.2, 0.25) is 0 Å². The van der Waals surface area contributed by atoms with E-state index in [1.165, 1.54) is 0 Å². The van der Waals surface area contributed by atoms with Gasteiger partial charge in [0.25, 0.3) is 6.43 Å². The summed E-state index contributed by atoms with van der Waals surface area (Å²) >= 11 is 0. The quantitative estimate of drug-likeness (QED) is 0.649. The minimum absolute atomic E-state index is 0.0238. The van der Waals surface area contributed by atoms with Crippen molar-refractivity contribution in [3.05, 3.63) is 0 Å². The highest BCUT2D eigenvalue weighted by Crippen LogP contribution is 2.01. The molecule has 1 unspecified atom stereocenters. The number of nitrogens with one attached hydrogen (secondary N) is 1. The number of aliphatic hydroxyl groups excluding tert-OH is 1. The molecule has 0 fully saturated rings. The monoisotopic (exact) mass is 181 g/mol. The second kappa shape index (κ2) is 6.31. The van der Waals surface area contributed by atoms with Crippen molar-refractivity contribution in [2.45, 2.75) is 45.3 Å². The number of aliphatic hydroxyl groups is 1. The molecule has 0 bridgehead atoms. The standard InChI is InChI=1S/C8H17F2NO/c1-3-6(4-2)11-5-7(12)8(9)10/h6-8,11-12H,3-5H2,1-2H3. The average Bonchev–Trinajstić information content (AvgIpc) is 2.05. The SMILES string of the molecule is CCC(CC)NCC(O)C(F)F. The van der Waals surface area contributed by atoms with E-state index in [1.807, 2.05) is 13.8 Å². The summed E-state index contributed by atoms with van der Waals surface area (Å²) < 4.78 is 23.6. The lowest BCUT2D eigenvalue weighted by Crippen LogP contribution is -2.37. The summed E-state index contributed by atoms with van der Waals surface area (Å²) in [6.07, 6.45) is -2.39. The summed E-state index contributed by atoms with van der Waals surface area (Å²) in [6, 6.07) is 0.235. The largest absolute Gasteiger partial charge is 0.386 e. The minimum atomic E-state index is -2.65. The van der Waals surface area contributed by atoms with Crippen molar-refractivity contribution in [2.24, 2.45) is 0 Å². The molecule has 0 aliphatic heterocycles. The van der Waals surface area contributed by atoms with Crippen molar-refractivity contribution >= 4 is 0 Å². The highest BCUT2D eigenvalue weighted by atomic mass is 19.3. The maximum atomic E-state index is 11.8.